The van der Waals surface area contributed by atoms with Crippen molar-refractivity contribution in [1.29, 1.82) is 5.41 Å². The molecule has 2 rings (SSSR count). The number of nitrogens with two attached hydrogens (primary N) is 1. The van der Waals surface area contributed by atoms with Crippen LogP contribution < -0.4 is 10.5 Å². The summed E-state index contributed by atoms with van der Waals surface area (Å²) in [5.41, 5.74) is -1.02. The third-order valence-electron chi connectivity index (χ3n) is 3.41. The van der Waals surface area contributed by atoms with Gasteiger partial charge in [-0.1, -0.05) is 17.7 Å². The quantitative estimate of drug-likeness (QED) is 0.163. The van der Waals surface area contributed by atoms with Crippen LogP contribution in [0, 0.1) is 11.2 Å². The minimum absolute atomic E-state index is 0.0983. The molecule has 0 saturated heterocycles. The van der Waals surface area contributed by atoms with Gasteiger partial charge in [0.2, 0.25) is 0 Å². The summed E-state index contributed by atoms with van der Waals surface area (Å²) in [6.07, 6.45) is -4.34. The number of hydrogen-bond donors (Lipinski definition) is 3. The largest absolute Gasteiger partial charge is 0.522 e. The predicted molar refractivity (Wildman–Crippen MR) is 102 cm³/mol. The van der Waals surface area contributed by atoms with Gasteiger partial charge in [0, 0.05) is 6.42 Å². The first-order chi connectivity index (χ1) is 14.9. The molecule has 16 heteroatoms. The third kappa shape index (κ3) is 9.31. The molecule has 0 fully saturated rings. The van der Waals surface area contributed by atoms with Crippen LogP contribution >= 0.6 is 11.6 Å². The summed E-state index contributed by atoms with van der Waals surface area (Å²) in [7, 11) is -5.84. The second kappa shape index (κ2) is 10.9. The molecule has 2 aromatic carbocycles. The predicted octanol–water partition coefficient (Wildman–Crippen LogP) is 5.14. The van der Waals surface area contributed by atoms with Crippen LogP contribution in [-0.2, 0) is 27.5 Å². The summed E-state index contributed by atoms with van der Waals surface area (Å²) < 4.78 is 120. The Balaban J connectivity index is 0.000000582. The molecule has 7 nitrogen and oxygen atoms in total. The summed E-state index contributed by atoms with van der Waals surface area (Å²) in [6, 6.07) is 6.50. The summed E-state index contributed by atoms with van der Waals surface area (Å²) >= 11 is 5.52. The number of amidine groups is 1. The highest BCUT2D eigenvalue weighted by Crippen LogP contribution is 2.38. The molecule has 0 amide bonds. The van der Waals surface area contributed by atoms with Gasteiger partial charge in [-0.15, -0.1) is 0 Å². The number of alkyl halides is 6. The van der Waals surface area contributed by atoms with E-state index in [4.69, 9.17) is 45.2 Å². The number of ether oxygens (including phenoxy) is 2. The van der Waals surface area contributed by atoms with Crippen molar-refractivity contribution < 1.29 is 53.2 Å². The van der Waals surface area contributed by atoms with Crippen LogP contribution in [0.25, 0.3) is 0 Å². The first-order valence-corrected chi connectivity index (χ1v) is 10.1. The maximum Gasteiger partial charge on any atom is 0.522 e. The minimum atomic E-state index is -5.84. The van der Waals surface area contributed by atoms with E-state index in [1.165, 1.54) is 24.3 Å². The summed E-state index contributed by atoms with van der Waals surface area (Å²) in [5.74, 6) is -1.17. The van der Waals surface area contributed by atoms with E-state index in [1.807, 2.05) is 0 Å². The van der Waals surface area contributed by atoms with Crippen LogP contribution in [0.2, 0.25) is 5.02 Å². The SMILES string of the molecule is N=C(N)OCCc1ccc(Oc2ccc(Cl)c(C(F)(F)F)c2)c(F)c1.O=S(=O)(O)C(F)(F)F. The molecule has 33 heavy (non-hydrogen) atoms. The van der Waals surface area contributed by atoms with Gasteiger partial charge in [0.05, 0.1) is 17.2 Å². The maximum absolute atomic E-state index is 14.1. The monoisotopic (exact) mass is 526 g/mol. The van der Waals surface area contributed by atoms with Crippen molar-refractivity contribution in [2.75, 3.05) is 6.61 Å². The normalized spacial score (nSPS) is 11.9. The molecule has 0 spiro atoms. The van der Waals surface area contributed by atoms with E-state index in [9.17, 15) is 30.7 Å². The van der Waals surface area contributed by atoms with Crippen LogP contribution in [0.3, 0.4) is 0 Å². The summed E-state index contributed by atoms with van der Waals surface area (Å²) in [4.78, 5) is 0. The Bertz CT molecular complexity index is 1090. The van der Waals surface area contributed by atoms with Crippen LogP contribution in [0.5, 0.6) is 11.5 Å². The Morgan fingerprint density at radius 3 is 2.12 bits per heavy atom. The molecule has 0 aliphatic rings. The fourth-order valence-corrected chi connectivity index (χ4v) is 2.20. The molecule has 184 valence electrons. The first kappa shape index (κ1) is 28.3. The van der Waals surface area contributed by atoms with Crippen molar-refractivity contribution in [3.63, 3.8) is 0 Å². The zero-order valence-corrected chi connectivity index (χ0v) is 17.5. The average molecular weight is 527 g/mol. The highest BCUT2D eigenvalue weighted by molar-refractivity contribution is 7.86. The highest BCUT2D eigenvalue weighted by Gasteiger charge is 2.44. The Kier molecular flexibility index (Phi) is 9.33. The van der Waals surface area contributed by atoms with Gasteiger partial charge in [0.25, 0.3) is 6.02 Å². The van der Waals surface area contributed by atoms with Crippen LogP contribution in [-0.4, -0.2) is 31.1 Å². The summed E-state index contributed by atoms with van der Waals surface area (Å²) in [5, 5.41) is 6.44. The van der Waals surface area contributed by atoms with Crippen molar-refractivity contribution in [3.05, 3.63) is 58.4 Å². The fraction of sp³-hybridized carbons (Fsp3) is 0.235. The molecule has 0 radical (unpaired) electrons. The molecule has 0 heterocycles. The lowest BCUT2D eigenvalue weighted by Crippen LogP contribution is -2.21. The number of hydrogen-bond acceptors (Lipinski definition) is 5. The lowest BCUT2D eigenvalue weighted by Gasteiger charge is -2.12. The number of rotatable bonds is 5. The van der Waals surface area contributed by atoms with Crippen molar-refractivity contribution in [3.8, 4) is 11.5 Å². The Morgan fingerprint density at radius 2 is 1.67 bits per heavy atom. The van der Waals surface area contributed by atoms with Crippen molar-refractivity contribution in [1.82, 2.24) is 0 Å². The van der Waals surface area contributed by atoms with E-state index in [1.54, 1.807) is 0 Å². The van der Waals surface area contributed by atoms with Gasteiger partial charge in [-0.05, 0) is 35.9 Å². The second-order valence-electron chi connectivity index (χ2n) is 5.89. The molecule has 2 aromatic rings. The maximum atomic E-state index is 14.1. The smallest absolute Gasteiger partial charge is 0.465 e. The van der Waals surface area contributed by atoms with Gasteiger partial charge in [-0.25, -0.2) is 4.39 Å². The van der Waals surface area contributed by atoms with E-state index in [0.29, 0.717) is 18.1 Å². The highest BCUT2D eigenvalue weighted by atomic mass is 35.5. The Labute approximate surface area is 187 Å². The summed E-state index contributed by atoms with van der Waals surface area (Å²) in [6.45, 7) is 0.0983. The zero-order valence-electron chi connectivity index (χ0n) is 16.0. The molecule has 0 unspecified atom stereocenters. The van der Waals surface area contributed by atoms with E-state index in [2.05, 4.69) is 0 Å². The van der Waals surface area contributed by atoms with E-state index >= 15 is 0 Å². The van der Waals surface area contributed by atoms with Crippen molar-refractivity contribution in [2.45, 2.75) is 18.1 Å². The molecule has 0 bridgehead atoms. The van der Waals surface area contributed by atoms with Gasteiger partial charge < -0.3 is 15.2 Å². The molecular formula is C17H14ClF7N2O5S. The van der Waals surface area contributed by atoms with Crippen LogP contribution in [0.4, 0.5) is 30.7 Å². The molecule has 0 aliphatic heterocycles. The van der Waals surface area contributed by atoms with Crippen molar-refractivity contribution in [2.24, 2.45) is 5.73 Å². The Hall–Kier alpha value is -2.78. The molecule has 0 aliphatic carbocycles. The van der Waals surface area contributed by atoms with E-state index in [0.717, 1.165) is 6.07 Å². The van der Waals surface area contributed by atoms with Gasteiger partial charge in [-0.2, -0.15) is 34.8 Å². The van der Waals surface area contributed by atoms with Gasteiger partial charge in [0.1, 0.15) is 5.75 Å². The number of halogens is 8. The Morgan fingerprint density at radius 1 is 1.09 bits per heavy atom. The third-order valence-corrected chi connectivity index (χ3v) is 4.32. The van der Waals surface area contributed by atoms with Gasteiger partial charge in [-0.3, -0.25) is 9.96 Å². The molecule has 0 saturated carbocycles. The molecule has 0 aromatic heterocycles. The second-order valence-corrected chi connectivity index (χ2v) is 7.71. The number of benzene rings is 2. The van der Waals surface area contributed by atoms with Gasteiger partial charge >= 0.3 is 21.8 Å². The fourth-order valence-electron chi connectivity index (χ4n) is 1.97. The first-order valence-electron chi connectivity index (χ1n) is 8.25. The van der Waals surface area contributed by atoms with Gasteiger partial charge in [0.15, 0.2) is 11.6 Å². The zero-order chi connectivity index (χ0) is 25.6. The van der Waals surface area contributed by atoms with E-state index < -0.39 is 44.2 Å². The lowest BCUT2D eigenvalue weighted by atomic mass is 10.1. The standard InChI is InChI=1S/C16H13ClF4N2O2.CHF3O3S/c17-12-3-2-10(8-11(12)16(19,20)21)25-14-4-1-9(7-13(14)18)5-6-24-15(22)23;2-1(3,4)8(5,6)7/h1-4,7-8H,5-6H2,(H3,22,23);(H,5,6,7). The number of nitrogens with one attached hydrogen (secondary N) is 1. The van der Waals surface area contributed by atoms with Crippen LogP contribution in [0.15, 0.2) is 36.4 Å². The molecule has 0 atom stereocenters. The molecule has 4 N–H and O–H groups in total. The van der Waals surface area contributed by atoms with Crippen LogP contribution in [0.1, 0.15) is 11.1 Å². The minimum Gasteiger partial charge on any atom is -0.465 e. The van der Waals surface area contributed by atoms with Crippen molar-refractivity contribution >= 4 is 27.7 Å². The lowest BCUT2D eigenvalue weighted by molar-refractivity contribution is -0.137. The van der Waals surface area contributed by atoms with E-state index in [-0.39, 0.29) is 18.1 Å². The molecular weight excluding hydrogens is 513 g/mol. The topological polar surface area (TPSA) is 123 Å². The average Bonchev–Trinajstić information content (AvgIpc) is 2.63.